The summed E-state index contributed by atoms with van der Waals surface area (Å²) in [5.41, 5.74) is 1.60. The van der Waals surface area contributed by atoms with Crippen molar-refractivity contribution in [3.05, 3.63) is 64.9 Å². The van der Waals surface area contributed by atoms with Gasteiger partial charge in [0.1, 0.15) is 11.3 Å². The summed E-state index contributed by atoms with van der Waals surface area (Å²) in [4.78, 5) is 18.6. The number of ether oxygens (including phenoxy) is 1. The van der Waals surface area contributed by atoms with Crippen molar-refractivity contribution in [2.75, 3.05) is 62.2 Å². The molecule has 6 rings (SSSR count). The van der Waals surface area contributed by atoms with Crippen LogP contribution in [0, 0.1) is 5.41 Å². The normalized spacial score (nSPS) is 20.3. The van der Waals surface area contributed by atoms with Crippen molar-refractivity contribution in [2.24, 2.45) is 5.41 Å². The molecule has 3 aromatic rings. The van der Waals surface area contributed by atoms with Crippen LogP contribution in [0.5, 0.6) is 0 Å². The summed E-state index contributed by atoms with van der Waals surface area (Å²) < 4.78 is 74.9. The van der Waals surface area contributed by atoms with Crippen molar-refractivity contribution in [3.8, 4) is 11.1 Å². The first-order valence-corrected chi connectivity index (χ1v) is 16.1. The molecule has 1 saturated carbocycles. The van der Waals surface area contributed by atoms with Crippen LogP contribution >= 0.6 is 11.6 Å². The Labute approximate surface area is 269 Å². The van der Waals surface area contributed by atoms with Crippen molar-refractivity contribution in [1.82, 2.24) is 14.7 Å². The second-order valence-corrected chi connectivity index (χ2v) is 12.8. The highest BCUT2D eigenvalue weighted by Crippen LogP contribution is 2.58. The van der Waals surface area contributed by atoms with Crippen LogP contribution in [0.1, 0.15) is 61.1 Å². The molecule has 1 atom stereocenters. The van der Waals surface area contributed by atoms with Gasteiger partial charge in [0.05, 0.1) is 24.3 Å². The SMILES string of the molecule is CCOC(=O)c1cnn(C2CCCN(c3cc(Cl)ccc3-c3ccc(N4CCN(CC5(C(F)(F)F)CC5)CC4)cc3)C2)c1C(F)F. The van der Waals surface area contributed by atoms with E-state index in [0.717, 1.165) is 35.1 Å². The zero-order valence-electron chi connectivity index (χ0n) is 25.6. The number of piperidine rings is 1. The van der Waals surface area contributed by atoms with E-state index in [1.807, 2.05) is 47.4 Å². The molecule has 3 aliphatic rings. The molecule has 1 aliphatic carbocycles. The smallest absolute Gasteiger partial charge is 0.395 e. The fourth-order valence-electron chi connectivity index (χ4n) is 6.76. The Hall–Kier alpha value is -3.38. The number of alkyl halides is 5. The molecule has 1 aromatic heterocycles. The summed E-state index contributed by atoms with van der Waals surface area (Å²) in [6.07, 6.45) is -4.08. The van der Waals surface area contributed by atoms with E-state index in [1.54, 1.807) is 6.92 Å². The number of hydrogen-bond acceptors (Lipinski definition) is 6. The highest BCUT2D eigenvalue weighted by atomic mass is 35.5. The Bertz CT molecular complexity index is 1530. The molecule has 2 saturated heterocycles. The van der Waals surface area contributed by atoms with Gasteiger partial charge >= 0.3 is 12.1 Å². The van der Waals surface area contributed by atoms with Crippen LogP contribution in [0.2, 0.25) is 5.02 Å². The fraction of sp³-hybridized carbons (Fsp3) is 0.515. The standard InChI is InChI=1S/C33H37ClF5N5O2/c1-2-46-31(45)27-19-40-44(29(27)30(35)36)25-4-3-13-43(20-25)28-18-23(34)7-10-26(28)22-5-8-24(9-6-22)42-16-14-41(15-17-42)21-32(11-12-32)33(37,38)39/h5-10,18-19,25,30H,2-4,11-17,20-21H2,1H3. The number of halogens is 6. The fourth-order valence-corrected chi connectivity index (χ4v) is 6.92. The van der Waals surface area contributed by atoms with Gasteiger partial charge < -0.3 is 14.5 Å². The molecular formula is C33H37ClF5N5O2. The van der Waals surface area contributed by atoms with Crippen LogP contribution in [0.25, 0.3) is 11.1 Å². The molecule has 2 aliphatic heterocycles. The van der Waals surface area contributed by atoms with Gasteiger partial charge in [-0.2, -0.15) is 18.3 Å². The predicted molar refractivity (Wildman–Crippen MR) is 167 cm³/mol. The highest BCUT2D eigenvalue weighted by Gasteiger charge is 2.63. The van der Waals surface area contributed by atoms with E-state index >= 15 is 0 Å². The highest BCUT2D eigenvalue weighted by molar-refractivity contribution is 6.31. The summed E-state index contributed by atoms with van der Waals surface area (Å²) in [7, 11) is 0. The van der Waals surface area contributed by atoms with E-state index in [-0.39, 0.29) is 37.6 Å². The lowest BCUT2D eigenvalue weighted by atomic mass is 9.99. The Morgan fingerprint density at radius 1 is 1.04 bits per heavy atom. The van der Waals surface area contributed by atoms with E-state index in [9.17, 15) is 26.7 Å². The second-order valence-electron chi connectivity index (χ2n) is 12.4. The molecule has 0 radical (unpaired) electrons. The van der Waals surface area contributed by atoms with Gasteiger partial charge in [0.2, 0.25) is 0 Å². The Morgan fingerprint density at radius 2 is 1.76 bits per heavy atom. The molecule has 2 aromatic carbocycles. The summed E-state index contributed by atoms with van der Waals surface area (Å²) in [6.45, 7) is 5.34. The second kappa shape index (κ2) is 13.0. The number of nitrogens with zero attached hydrogens (tertiary/aromatic N) is 5. The van der Waals surface area contributed by atoms with E-state index in [4.69, 9.17) is 16.3 Å². The third-order valence-electron chi connectivity index (χ3n) is 9.48. The largest absolute Gasteiger partial charge is 0.462 e. The first-order valence-electron chi connectivity index (χ1n) is 15.7. The summed E-state index contributed by atoms with van der Waals surface area (Å²) in [6, 6.07) is 13.3. The van der Waals surface area contributed by atoms with Crippen molar-refractivity contribution in [3.63, 3.8) is 0 Å². The Kier molecular flexibility index (Phi) is 9.22. The molecule has 0 N–H and O–H groups in total. The van der Waals surface area contributed by atoms with Crippen LogP contribution < -0.4 is 9.80 Å². The lowest BCUT2D eigenvalue weighted by Crippen LogP contribution is -2.49. The number of rotatable bonds is 9. The van der Waals surface area contributed by atoms with Crippen molar-refractivity contribution in [1.29, 1.82) is 0 Å². The average Bonchev–Trinajstić information content (AvgIpc) is 3.69. The molecule has 1 unspecified atom stereocenters. The van der Waals surface area contributed by atoms with E-state index in [1.165, 1.54) is 4.68 Å². The van der Waals surface area contributed by atoms with Gasteiger partial charge in [-0.25, -0.2) is 13.6 Å². The minimum Gasteiger partial charge on any atom is -0.462 e. The Morgan fingerprint density at radius 3 is 2.39 bits per heavy atom. The number of piperazine rings is 1. The number of anilines is 2. The monoisotopic (exact) mass is 665 g/mol. The molecule has 248 valence electrons. The van der Waals surface area contributed by atoms with Gasteiger partial charge in [-0.15, -0.1) is 0 Å². The van der Waals surface area contributed by atoms with E-state index < -0.39 is 29.7 Å². The van der Waals surface area contributed by atoms with Crippen molar-refractivity contribution >= 4 is 28.9 Å². The first kappa shape index (κ1) is 32.6. The molecule has 46 heavy (non-hydrogen) atoms. The molecule has 3 heterocycles. The number of esters is 1. The summed E-state index contributed by atoms with van der Waals surface area (Å²) >= 11 is 6.45. The van der Waals surface area contributed by atoms with Crippen LogP contribution in [0.15, 0.2) is 48.7 Å². The molecule has 0 spiro atoms. The van der Waals surface area contributed by atoms with Crippen LogP contribution in [0.4, 0.5) is 33.3 Å². The summed E-state index contributed by atoms with van der Waals surface area (Å²) in [5, 5.41) is 4.75. The molecular weight excluding hydrogens is 629 g/mol. The first-order chi connectivity index (χ1) is 22.0. The quantitative estimate of drug-likeness (QED) is 0.173. The molecule has 0 amide bonds. The average molecular weight is 666 g/mol. The lowest BCUT2D eigenvalue weighted by Gasteiger charge is -2.38. The van der Waals surface area contributed by atoms with Crippen LogP contribution in [-0.2, 0) is 4.74 Å². The van der Waals surface area contributed by atoms with Gasteiger partial charge in [0.15, 0.2) is 0 Å². The van der Waals surface area contributed by atoms with Crippen LogP contribution in [0.3, 0.4) is 0 Å². The summed E-state index contributed by atoms with van der Waals surface area (Å²) in [5.74, 6) is -0.813. The van der Waals surface area contributed by atoms with E-state index in [2.05, 4.69) is 14.9 Å². The van der Waals surface area contributed by atoms with E-state index in [0.29, 0.717) is 50.7 Å². The van der Waals surface area contributed by atoms with Crippen molar-refractivity contribution < 1.29 is 31.5 Å². The maximum absolute atomic E-state index is 14.2. The van der Waals surface area contributed by atoms with Gasteiger partial charge in [-0.3, -0.25) is 9.58 Å². The van der Waals surface area contributed by atoms with Crippen LogP contribution in [-0.4, -0.2) is 79.2 Å². The third kappa shape index (κ3) is 6.56. The maximum Gasteiger partial charge on any atom is 0.395 e. The maximum atomic E-state index is 14.2. The topological polar surface area (TPSA) is 53.8 Å². The van der Waals surface area contributed by atoms with Gasteiger partial charge in [-0.05, 0) is 62.4 Å². The number of carbonyl (C=O) groups is 1. The van der Waals surface area contributed by atoms with Crippen molar-refractivity contribution in [2.45, 2.75) is 51.3 Å². The lowest BCUT2D eigenvalue weighted by molar-refractivity contribution is -0.192. The minimum atomic E-state index is -4.14. The zero-order chi connectivity index (χ0) is 32.6. The number of benzene rings is 2. The number of carbonyl (C=O) groups excluding carboxylic acids is 1. The number of aromatic nitrogens is 2. The molecule has 13 heteroatoms. The number of hydrogen-bond donors (Lipinski definition) is 0. The Balaban J connectivity index is 1.16. The zero-order valence-corrected chi connectivity index (χ0v) is 26.3. The third-order valence-corrected chi connectivity index (χ3v) is 9.71. The molecule has 0 bridgehead atoms. The predicted octanol–water partition coefficient (Wildman–Crippen LogP) is 7.62. The molecule has 3 fully saturated rings. The van der Waals surface area contributed by atoms with Gasteiger partial charge in [0.25, 0.3) is 6.43 Å². The van der Waals surface area contributed by atoms with Gasteiger partial charge in [-0.1, -0.05) is 29.8 Å². The molecule has 7 nitrogen and oxygen atoms in total. The van der Waals surface area contributed by atoms with Gasteiger partial charge in [0, 0.05) is 67.8 Å². The minimum absolute atomic E-state index is 0.0744.